The number of methoxy groups -OCH3 is 1. The molecule has 0 aromatic heterocycles. The highest BCUT2D eigenvalue weighted by Crippen LogP contribution is 2.13. The zero-order chi connectivity index (χ0) is 15.1. The molecule has 0 radical (unpaired) electrons. The summed E-state index contributed by atoms with van der Waals surface area (Å²) in [7, 11) is 1.60. The van der Waals surface area contributed by atoms with Crippen LogP contribution >= 0.6 is 0 Å². The number of amides is 1. The second kappa shape index (κ2) is 7.48. The van der Waals surface area contributed by atoms with Crippen LogP contribution in [-0.2, 0) is 6.42 Å². The van der Waals surface area contributed by atoms with Gasteiger partial charge in [0.15, 0.2) is 0 Å². The van der Waals surface area contributed by atoms with Crippen LogP contribution < -0.4 is 10.1 Å². The lowest BCUT2D eigenvalue weighted by Gasteiger charge is -2.17. The fourth-order valence-corrected chi connectivity index (χ4v) is 2.23. The number of carbonyl (C=O) groups excluding carboxylic acids is 1. The number of rotatable bonds is 6. The van der Waals surface area contributed by atoms with E-state index in [1.807, 2.05) is 30.3 Å². The van der Waals surface area contributed by atoms with Crippen molar-refractivity contribution < 1.29 is 9.53 Å². The van der Waals surface area contributed by atoms with E-state index in [9.17, 15) is 4.79 Å². The Labute approximate surface area is 126 Å². The molecule has 2 aromatic rings. The first kappa shape index (κ1) is 15.1. The van der Waals surface area contributed by atoms with Crippen LogP contribution in [0.25, 0.3) is 0 Å². The average molecular weight is 283 g/mol. The molecule has 2 rings (SSSR count). The maximum atomic E-state index is 12.3. The molecule has 0 aliphatic heterocycles. The van der Waals surface area contributed by atoms with Gasteiger partial charge in [-0.25, -0.2) is 0 Å². The highest BCUT2D eigenvalue weighted by molar-refractivity contribution is 5.94. The van der Waals surface area contributed by atoms with E-state index in [0.29, 0.717) is 11.3 Å². The summed E-state index contributed by atoms with van der Waals surface area (Å²) in [6.07, 6.45) is 1.73. The predicted molar refractivity (Wildman–Crippen MR) is 84.7 cm³/mol. The van der Waals surface area contributed by atoms with Gasteiger partial charge >= 0.3 is 0 Å². The minimum atomic E-state index is -0.0586. The zero-order valence-corrected chi connectivity index (χ0v) is 12.5. The predicted octanol–water partition coefficient (Wildman–Crippen LogP) is 3.45. The Bertz CT molecular complexity index is 581. The molecule has 0 aliphatic rings. The van der Waals surface area contributed by atoms with Crippen molar-refractivity contribution >= 4 is 5.91 Å². The highest BCUT2D eigenvalue weighted by atomic mass is 16.5. The molecule has 0 heterocycles. The van der Waals surface area contributed by atoms with E-state index in [4.69, 9.17) is 4.74 Å². The van der Waals surface area contributed by atoms with E-state index in [2.05, 4.69) is 24.4 Å². The van der Waals surface area contributed by atoms with Crippen LogP contribution in [0.2, 0.25) is 0 Å². The van der Waals surface area contributed by atoms with Crippen molar-refractivity contribution in [2.24, 2.45) is 0 Å². The van der Waals surface area contributed by atoms with Crippen molar-refractivity contribution in [1.29, 1.82) is 0 Å². The van der Waals surface area contributed by atoms with Crippen LogP contribution in [-0.4, -0.2) is 19.1 Å². The molecule has 1 amide bonds. The zero-order valence-electron chi connectivity index (χ0n) is 12.5. The second-order valence-corrected chi connectivity index (χ2v) is 5.00. The smallest absolute Gasteiger partial charge is 0.251 e. The molecule has 0 saturated carbocycles. The lowest BCUT2D eigenvalue weighted by atomic mass is 10.0. The summed E-state index contributed by atoms with van der Waals surface area (Å²) >= 11 is 0. The lowest BCUT2D eigenvalue weighted by molar-refractivity contribution is 0.0935. The topological polar surface area (TPSA) is 38.3 Å². The summed E-state index contributed by atoms with van der Waals surface area (Å²) < 4.78 is 5.15. The summed E-state index contributed by atoms with van der Waals surface area (Å²) in [5.74, 6) is 0.635. The highest BCUT2D eigenvalue weighted by Gasteiger charge is 2.13. The van der Waals surface area contributed by atoms with Crippen molar-refractivity contribution in [3.63, 3.8) is 0 Å². The van der Waals surface area contributed by atoms with Crippen molar-refractivity contribution in [3.05, 3.63) is 65.7 Å². The monoisotopic (exact) mass is 283 g/mol. The number of carbonyl (C=O) groups is 1. The minimum absolute atomic E-state index is 0.0586. The van der Waals surface area contributed by atoms with E-state index in [0.717, 1.165) is 12.8 Å². The molecule has 3 heteroatoms. The number of ether oxygens (including phenoxy) is 1. The number of nitrogens with one attached hydrogen (secondary N) is 1. The van der Waals surface area contributed by atoms with Crippen LogP contribution in [0, 0.1) is 0 Å². The van der Waals surface area contributed by atoms with Crippen LogP contribution in [0.5, 0.6) is 5.75 Å². The van der Waals surface area contributed by atoms with Gasteiger partial charge < -0.3 is 10.1 Å². The quantitative estimate of drug-likeness (QED) is 0.882. The second-order valence-electron chi connectivity index (χ2n) is 5.00. The van der Waals surface area contributed by atoms with Gasteiger partial charge in [0.2, 0.25) is 0 Å². The van der Waals surface area contributed by atoms with Crippen LogP contribution in [0.1, 0.15) is 29.3 Å². The molecule has 1 atom stereocenters. The van der Waals surface area contributed by atoms with E-state index in [-0.39, 0.29) is 11.9 Å². The summed E-state index contributed by atoms with van der Waals surface area (Å²) in [5.41, 5.74) is 1.86. The molecule has 0 spiro atoms. The number of benzene rings is 2. The normalized spacial score (nSPS) is 11.7. The molecule has 0 aliphatic carbocycles. The molecular weight excluding hydrogens is 262 g/mol. The Morgan fingerprint density at radius 2 is 1.90 bits per heavy atom. The first-order chi connectivity index (χ1) is 10.2. The minimum Gasteiger partial charge on any atom is -0.497 e. The third-order valence-electron chi connectivity index (χ3n) is 3.48. The summed E-state index contributed by atoms with van der Waals surface area (Å²) in [6.45, 7) is 2.08. The molecule has 21 heavy (non-hydrogen) atoms. The summed E-state index contributed by atoms with van der Waals surface area (Å²) in [5, 5.41) is 3.09. The van der Waals surface area contributed by atoms with Crippen LogP contribution in [0.15, 0.2) is 54.6 Å². The van der Waals surface area contributed by atoms with Gasteiger partial charge in [-0.1, -0.05) is 43.3 Å². The largest absolute Gasteiger partial charge is 0.497 e. The van der Waals surface area contributed by atoms with Gasteiger partial charge in [-0.2, -0.15) is 0 Å². The number of hydrogen-bond acceptors (Lipinski definition) is 2. The Kier molecular flexibility index (Phi) is 5.38. The molecule has 110 valence electrons. The van der Waals surface area contributed by atoms with E-state index in [1.54, 1.807) is 19.2 Å². The molecule has 0 fully saturated rings. The van der Waals surface area contributed by atoms with Gasteiger partial charge in [0.25, 0.3) is 5.91 Å². The van der Waals surface area contributed by atoms with Crippen molar-refractivity contribution in [2.75, 3.05) is 7.11 Å². The van der Waals surface area contributed by atoms with Gasteiger partial charge in [0.05, 0.1) is 7.11 Å². The molecule has 1 unspecified atom stereocenters. The fourth-order valence-electron chi connectivity index (χ4n) is 2.23. The van der Waals surface area contributed by atoms with Gasteiger partial charge in [0, 0.05) is 11.6 Å². The third kappa shape index (κ3) is 4.35. The van der Waals surface area contributed by atoms with Crippen LogP contribution in [0.4, 0.5) is 0 Å². The van der Waals surface area contributed by atoms with E-state index >= 15 is 0 Å². The number of hydrogen-bond donors (Lipinski definition) is 1. The van der Waals surface area contributed by atoms with Gasteiger partial charge in [-0.15, -0.1) is 0 Å². The Morgan fingerprint density at radius 3 is 2.57 bits per heavy atom. The molecular formula is C18H21NO2. The van der Waals surface area contributed by atoms with Gasteiger partial charge in [-0.05, 0) is 36.6 Å². The van der Waals surface area contributed by atoms with Gasteiger partial charge in [0.1, 0.15) is 5.75 Å². The molecule has 2 aromatic carbocycles. The molecule has 1 N–H and O–H groups in total. The van der Waals surface area contributed by atoms with Crippen LogP contribution in [0.3, 0.4) is 0 Å². The summed E-state index contributed by atoms with van der Waals surface area (Å²) in [6, 6.07) is 17.5. The van der Waals surface area contributed by atoms with Gasteiger partial charge in [-0.3, -0.25) is 4.79 Å². The Balaban J connectivity index is 2.02. The average Bonchev–Trinajstić information content (AvgIpc) is 2.55. The lowest BCUT2D eigenvalue weighted by Crippen LogP contribution is -2.35. The Morgan fingerprint density at radius 1 is 1.14 bits per heavy atom. The molecule has 0 saturated heterocycles. The van der Waals surface area contributed by atoms with E-state index < -0.39 is 0 Å². The molecule has 3 nitrogen and oxygen atoms in total. The fraction of sp³-hybridized carbons (Fsp3) is 0.278. The SMILES string of the molecule is CCC(Cc1ccccc1)NC(=O)c1cccc(OC)c1. The van der Waals surface area contributed by atoms with Crippen molar-refractivity contribution in [2.45, 2.75) is 25.8 Å². The Hall–Kier alpha value is -2.29. The molecule has 0 bridgehead atoms. The third-order valence-corrected chi connectivity index (χ3v) is 3.48. The van der Waals surface area contributed by atoms with Crippen molar-refractivity contribution in [1.82, 2.24) is 5.32 Å². The standard InChI is InChI=1S/C18H21NO2/c1-3-16(12-14-8-5-4-6-9-14)19-18(20)15-10-7-11-17(13-15)21-2/h4-11,13,16H,3,12H2,1-2H3,(H,19,20). The maximum Gasteiger partial charge on any atom is 0.251 e. The van der Waals surface area contributed by atoms with E-state index in [1.165, 1.54) is 5.56 Å². The first-order valence-corrected chi connectivity index (χ1v) is 7.21. The maximum absolute atomic E-state index is 12.3. The van der Waals surface area contributed by atoms with Crippen molar-refractivity contribution in [3.8, 4) is 5.75 Å². The summed E-state index contributed by atoms with van der Waals surface area (Å²) in [4.78, 5) is 12.3. The first-order valence-electron chi connectivity index (χ1n) is 7.21.